The number of pyridine rings is 1. The minimum absolute atomic E-state index is 0.0230. The second-order valence-electron chi connectivity index (χ2n) is 4.79. The summed E-state index contributed by atoms with van der Waals surface area (Å²) in [7, 11) is 0. The van der Waals surface area contributed by atoms with E-state index in [2.05, 4.69) is 5.32 Å². The highest BCUT2D eigenvalue weighted by Crippen LogP contribution is 2.04. The van der Waals surface area contributed by atoms with Gasteiger partial charge in [0, 0.05) is 25.4 Å². The maximum Gasteiger partial charge on any atom is 0.250 e. The number of nitrogens with zero attached hydrogens (tertiary/aromatic N) is 1. The topological polar surface area (TPSA) is 77.1 Å². The smallest absolute Gasteiger partial charge is 0.250 e. The molecule has 106 valence electrons. The van der Waals surface area contributed by atoms with Gasteiger partial charge >= 0.3 is 0 Å². The fourth-order valence-corrected chi connectivity index (χ4v) is 1.74. The summed E-state index contributed by atoms with van der Waals surface area (Å²) in [5, 5.41) is 2.81. The number of nitrogens with one attached hydrogen (secondary N) is 1. The Morgan fingerprint density at radius 1 is 1.47 bits per heavy atom. The summed E-state index contributed by atoms with van der Waals surface area (Å²) < 4.78 is 1.63. The molecule has 0 spiro atoms. The molecule has 5 heteroatoms. The summed E-state index contributed by atoms with van der Waals surface area (Å²) in [6.07, 6.45) is 3.34. The molecule has 1 rings (SSSR count). The number of rotatable bonds is 7. The average molecular weight is 265 g/mol. The van der Waals surface area contributed by atoms with Crippen LogP contribution in [0.15, 0.2) is 29.2 Å². The average Bonchev–Trinajstić information content (AvgIpc) is 2.43. The summed E-state index contributed by atoms with van der Waals surface area (Å²) >= 11 is 0. The molecule has 1 aromatic heterocycles. The van der Waals surface area contributed by atoms with Crippen molar-refractivity contribution >= 4 is 5.91 Å². The first-order valence-corrected chi connectivity index (χ1v) is 6.75. The maximum atomic E-state index is 11.7. The van der Waals surface area contributed by atoms with Gasteiger partial charge in [0.05, 0.1) is 6.04 Å². The fourth-order valence-electron chi connectivity index (χ4n) is 1.74. The number of carbonyl (C=O) groups is 1. The molecule has 0 fully saturated rings. The number of aromatic nitrogens is 1. The lowest BCUT2D eigenvalue weighted by molar-refractivity contribution is -0.123. The van der Waals surface area contributed by atoms with Gasteiger partial charge in [0.1, 0.15) is 0 Å². The molecule has 0 unspecified atom stereocenters. The van der Waals surface area contributed by atoms with E-state index in [-0.39, 0.29) is 17.4 Å². The third-order valence-electron chi connectivity index (χ3n) is 3.33. The molecule has 1 heterocycles. The minimum atomic E-state index is -0.454. The number of aryl methyl sites for hydroxylation is 1. The second kappa shape index (κ2) is 7.74. The minimum Gasteiger partial charge on any atom is -0.355 e. The number of hydrogen-bond donors (Lipinski definition) is 2. The molecule has 2 atom stereocenters. The Hall–Kier alpha value is -1.62. The van der Waals surface area contributed by atoms with Crippen molar-refractivity contribution in [2.24, 2.45) is 11.7 Å². The van der Waals surface area contributed by atoms with Crippen LogP contribution in [-0.2, 0) is 11.3 Å². The highest BCUT2D eigenvalue weighted by atomic mass is 16.2. The van der Waals surface area contributed by atoms with Crippen molar-refractivity contribution in [1.29, 1.82) is 0 Å². The van der Waals surface area contributed by atoms with Gasteiger partial charge in [0.15, 0.2) is 0 Å². The van der Waals surface area contributed by atoms with Gasteiger partial charge in [-0.1, -0.05) is 26.3 Å². The Balaban J connectivity index is 2.30. The molecule has 1 aromatic rings. The van der Waals surface area contributed by atoms with E-state index in [1.165, 1.54) is 6.07 Å². The zero-order valence-corrected chi connectivity index (χ0v) is 11.6. The van der Waals surface area contributed by atoms with E-state index in [0.717, 1.165) is 6.42 Å². The molecule has 3 N–H and O–H groups in total. The maximum absolute atomic E-state index is 11.7. The molecule has 0 aliphatic rings. The van der Waals surface area contributed by atoms with Gasteiger partial charge in [-0.25, -0.2) is 0 Å². The first kappa shape index (κ1) is 15.4. The monoisotopic (exact) mass is 265 g/mol. The van der Waals surface area contributed by atoms with E-state index < -0.39 is 6.04 Å². The van der Waals surface area contributed by atoms with Crippen LogP contribution in [0.2, 0.25) is 0 Å². The third-order valence-corrected chi connectivity index (χ3v) is 3.33. The molecule has 0 saturated heterocycles. The van der Waals surface area contributed by atoms with Gasteiger partial charge in [-0.05, 0) is 18.4 Å². The van der Waals surface area contributed by atoms with Crippen LogP contribution >= 0.6 is 0 Å². The molecule has 0 aliphatic carbocycles. The van der Waals surface area contributed by atoms with Gasteiger partial charge in [-0.3, -0.25) is 9.59 Å². The molecule has 0 aromatic carbocycles. The van der Waals surface area contributed by atoms with Crippen LogP contribution in [0, 0.1) is 5.92 Å². The molecule has 5 nitrogen and oxygen atoms in total. The lowest BCUT2D eigenvalue weighted by Gasteiger charge is -2.17. The second-order valence-corrected chi connectivity index (χ2v) is 4.79. The predicted molar refractivity (Wildman–Crippen MR) is 75.8 cm³/mol. The SMILES string of the molecule is CC[C@H](C)[C@H](N)C(=O)NCCCn1ccccc1=O. The Labute approximate surface area is 113 Å². The summed E-state index contributed by atoms with van der Waals surface area (Å²) in [5.74, 6) is 0.0616. The van der Waals surface area contributed by atoms with Crippen LogP contribution < -0.4 is 16.6 Å². The van der Waals surface area contributed by atoms with E-state index in [9.17, 15) is 9.59 Å². The zero-order chi connectivity index (χ0) is 14.3. The van der Waals surface area contributed by atoms with Gasteiger partial charge in [0.2, 0.25) is 11.5 Å². The fraction of sp³-hybridized carbons (Fsp3) is 0.571. The Morgan fingerprint density at radius 3 is 2.84 bits per heavy atom. The number of nitrogens with two attached hydrogens (primary N) is 1. The van der Waals surface area contributed by atoms with Crippen molar-refractivity contribution in [3.05, 3.63) is 34.7 Å². The number of hydrogen-bond acceptors (Lipinski definition) is 3. The van der Waals surface area contributed by atoms with Crippen LogP contribution in [0.5, 0.6) is 0 Å². The quantitative estimate of drug-likeness (QED) is 0.713. The zero-order valence-electron chi connectivity index (χ0n) is 11.6. The highest BCUT2D eigenvalue weighted by molar-refractivity contribution is 5.81. The van der Waals surface area contributed by atoms with Gasteiger partial charge in [-0.2, -0.15) is 0 Å². The van der Waals surface area contributed by atoms with Gasteiger partial charge < -0.3 is 15.6 Å². The molecule has 0 saturated carbocycles. The van der Waals surface area contributed by atoms with Crippen LogP contribution in [-0.4, -0.2) is 23.1 Å². The number of amides is 1. The molecule has 0 radical (unpaired) electrons. The highest BCUT2D eigenvalue weighted by Gasteiger charge is 2.18. The molecule has 1 amide bonds. The molecular formula is C14H23N3O2. The summed E-state index contributed by atoms with van der Waals surface area (Å²) in [6, 6.07) is 4.60. The van der Waals surface area contributed by atoms with Gasteiger partial charge in [-0.15, -0.1) is 0 Å². The molecule has 0 bridgehead atoms. The summed E-state index contributed by atoms with van der Waals surface area (Å²) in [6.45, 7) is 5.11. The van der Waals surface area contributed by atoms with E-state index in [1.807, 2.05) is 19.9 Å². The van der Waals surface area contributed by atoms with Gasteiger partial charge in [0.25, 0.3) is 0 Å². The molecule has 0 aliphatic heterocycles. The lowest BCUT2D eigenvalue weighted by Crippen LogP contribution is -2.45. The molecule has 19 heavy (non-hydrogen) atoms. The first-order valence-electron chi connectivity index (χ1n) is 6.75. The molecular weight excluding hydrogens is 242 g/mol. The van der Waals surface area contributed by atoms with Crippen molar-refractivity contribution in [3.63, 3.8) is 0 Å². The lowest BCUT2D eigenvalue weighted by atomic mass is 9.99. The third kappa shape index (κ3) is 4.87. The standard InChI is InChI=1S/C14H23N3O2/c1-3-11(2)13(15)14(19)16-8-6-10-17-9-5-4-7-12(17)18/h4-5,7,9,11,13H,3,6,8,10,15H2,1-2H3,(H,16,19)/t11-,13-/m0/s1. The summed E-state index contributed by atoms with van der Waals surface area (Å²) in [5.41, 5.74) is 5.80. The van der Waals surface area contributed by atoms with E-state index in [0.29, 0.717) is 19.5 Å². The van der Waals surface area contributed by atoms with Crippen LogP contribution in [0.3, 0.4) is 0 Å². The summed E-state index contributed by atoms with van der Waals surface area (Å²) in [4.78, 5) is 23.2. The van der Waals surface area contributed by atoms with Crippen molar-refractivity contribution in [2.75, 3.05) is 6.54 Å². The van der Waals surface area contributed by atoms with Crippen LogP contribution in [0.25, 0.3) is 0 Å². The Bertz CT molecular complexity index is 456. The van der Waals surface area contributed by atoms with Crippen molar-refractivity contribution < 1.29 is 4.79 Å². The predicted octanol–water partition coefficient (Wildman–Crippen LogP) is 0.728. The van der Waals surface area contributed by atoms with Crippen molar-refractivity contribution in [1.82, 2.24) is 9.88 Å². The van der Waals surface area contributed by atoms with E-state index >= 15 is 0 Å². The Kier molecular flexibility index (Phi) is 6.29. The van der Waals surface area contributed by atoms with Crippen molar-refractivity contribution in [3.8, 4) is 0 Å². The Morgan fingerprint density at radius 2 is 2.21 bits per heavy atom. The van der Waals surface area contributed by atoms with Crippen molar-refractivity contribution in [2.45, 2.75) is 39.3 Å². The van der Waals surface area contributed by atoms with Crippen LogP contribution in [0.1, 0.15) is 26.7 Å². The normalized spacial score (nSPS) is 13.8. The van der Waals surface area contributed by atoms with E-state index in [1.54, 1.807) is 16.8 Å². The largest absolute Gasteiger partial charge is 0.355 e. The first-order chi connectivity index (χ1) is 9.06. The van der Waals surface area contributed by atoms with E-state index in [4.69, 9.17) is 5.73 Å². The number of carbonyl (C=O) groups excluding carboxylic acids is 1. The van der Waals surface area contributed by atoms with Crippen LogP contribution in [0.4, 0.5) is 0 Å².